The van der Waals surface area contributed by atoms with Gasteiger partial charge in [0, 0.05) is 25.8 Å². The average molecular weight is 403 g/mol. The van der Waals surface area contributed by atoms with Gasteiger partial charge < -0.3 is 16.0 Å². The number of nitrogens with two attached hydrogens (primary N) is 1. The van der Waals surface area contributed by atoms with E-state index in [1.807, 2.05) is 6.20 Å². The third kappa shape index (κ3) is 6.07. The number of nitrogens with zero attached hydrogens (tertiary/aromatic N) is 3. The van der Waals surface area contributed by atoms with Gasteiger partial charge in [-0.05, 0) is 30.4 Å². The number of hydrogen-bond donors (Lipinski definition) is 2. The molecule has 2 heterocycles. The van der Waals surface area contributed by atoms with Crippen LogP contribution in [0.1, 0.15) is 32.3 Å². The summed E-state index contributed by atoms with van der Waals surface area (Å²) < 4.78 is 0. The first-order valence-corrected chi connectivity index (χ1v) is 7.39. The lowest BCUT2D eigenvalue weighted by Crippen LogP contribution is -2.34. The zero-order valence-corrected chi connectivity index (χ0v) is 15.2. The van der Waals surface area contributed by atoms with Crippen LogP contribution in [0.25, 0.3) is 0 Å². The van der Waals surface area contributed by atoms with Gasteiger partial charge >= 0.3 is 0 Å². The Balaban J connectivity index is 0.00000220. The maximum Gasteiger partial charge on any atom is 0.188 e. The monoisotopic (exact) mass is 403 g/mol. The Morgan fingerprint density at radius 2 is 2.10 bits per heavy atom. The summed E-state index contributed by atoms with van der Waals surface area (Å²) in [6.45, 7) is 7.95. The minimum Gasteiger partial charge on any atom is -0.370 e. The maximum atomic E-state index is 5.81. The second-order valence-corrected chi connectivity index (χ2v) is 5.70. The topological polar surface area (TPSA) is 66.5 Å². The van der Waals surface area contributed by atoms with E-state index in [1.165, 1.54) is 12.8 Å². The van der Waals surface area contributed by atoms with Crippen LogP contribution < -0.4 is 16.0 Å². The van der Waals surface area contributed by atoms with Crippen LogP contribution in [0.15, 0.2) is 23.3 Å². The summed E-state index contributed by atoms with van der Waals surface area (Å²) in [4.78, 5) is 11.2. The van der Waals surface area contributed by atoms with E-state index in [0.29, 0.717) is 18.4 Å². The van der Waals surface area contributed by atoms with Gasteiger partial charge in [0.05, 0.1) is 6.54 Å². The molecule has 1 aliphatic heterocycles. The summed E-state index contributed by atoms with van der Waals surface area (Å²) in [6, 6.07) is 4.16. The van der Waals surface area contributed by atoms with E-state index in [-0.39, 0.29) is 24.0 Å². The molecule has 0 amide bonds. The highest BCUT2D eigenvalue weighted by molar-refractivity contribution is 14.0. The molecule has 6 heteroatoms. The summed E-state index contributed by atoms with van der Waals surface area (Å²) in [6.07, 6.45) is 4.43. The molecule has 0 aliphatic carbocycles. The van der Waals surface area contributed by atoms with Crippen molar-refractivity contribution in [3.63, 3.8) is 0 Å². The lowest BCUT2D eigenvalue weighted by molar-refractivity contribution is 0.622. The van der Waals surface area contributed by atoms with Crippen molar-refractivity contribution in [2.45, 2.75) is 33.2 Å². The zero-order chi connectivity index (χ0) is 14.4. The summed E-state index contributed by atoms with van der Waals surface area (Å²) in [5.74, 6) is 2.13. The second kappa shape index (κ2) is 9.07. The zero-order valence-electron chi connectivity index (χ0n) is 12.9. The van der Waals surface area contributed by atoms with E-state index in [0.717, 1.165) is 31.0 Å². The molecule has 0 unspecified atom stereocenters. The second-order valence-electron chi connectivity index (χ2n) is 5.70. The third-order valence-electron chi connectivity index (χ3n) is 3.36. The number of rotatable bonds is 5. The molecule has 0 spiro atoms. The molecule has 1 aromatic rings. The van der Waals surface area contributed by atoms with Crippen molar-refractivity contribution in [1.82, 2.24) is 10.3 Å². The number of anilines is 1. The number of nitrogens with one attached hydrogen (secondary N) is 1. The van der Waals surface area contributed by atoms with Crippen molar-refractivity contribution >= 4 is 35.8 Å². The molecule has 0 atom stereocenters. The van der Waals surface area contributed by atoms with Gasteiger partial charge in [-0.15, -0.1) is 24.0 Å². The highest BCUT2D eigenvalue weighted by Crippen LogP contribution is 2.17. The smallest absolute Gasteiger partial charge is 0.188 e. The van der Waals surface area contributed by atoms with Crippen LogP contribution in [0.3, 0.4) is 0 Å². The third-order valence-corrected chi connectivity index (χ3v) is 3.36. The first-order valence-electron chi connectivity index (χ1n) is 7.39. The summed E-state index contributed by atoms with van der Waals surface area (Å²) in [5.41, 5.74) is 6.89. The summed E-state index contributed by atoms with van der Waals surface area (Å²) in [7, 11) is 0. The molecule has 1 fully saturated rings. The molecule has 1 aromatic heterocycles. The molecular weight excluding hydrogens is 377 g/mol. The first-order chi connectivity index (χ1) is 9.65. The highest BCUT2D eigenvalue weighted by Gasteiger charge is 2.12. The molecule has 5 nitrogen and oxygen atoms in total. The van der Waals surface area contributed by atoms with E-state index in [1.54, 1.807) is 0 Å². The van der Waals surface area contributed by atoms with Crippen LogP contribution in [0.4, 0.5) is 5.82 Å². The van der Waals surface area contributed by atoms with E-state index in [4.69, 9.17) is 5.73 Å². The molecule has 0 saturated carbocycles. The van der Waals surface area contributed by atoms with Crippen LogP contribution in [0.2, 0.25) is 0 Å². The van der Waals surface area contributed by atoms with E-state index >= 15 is 0 Å². The Morgan fingerprint density at radius 3 is 2.67 bits per heavy atom. The van der Waals surface area contributed by atoms with E-state index in [2.05, 4.69) is 46.2 Å². The van der Waals surface area contributed by atoms with Gasteiger partial charge in [0.2, 0.25) is 0 Å². The largest absolute Gasteiger partial charge is 0.370 e. The van der Waals surface area contributed by atoms with Crippen molar-refractivity contribution < 1.29 is 0 Å². The molecule has 1 aliphatic rings. The average Bonchev–Trinajstić information content (AvgIpc) is 2.97. The van der Waals surface area contributed by atoms with Crippen molar-refractivity contribution in [2.24, 2.45) is 16.6 Å². The molecular formula is C15H26IN5. The fourth-order valence-electron chi connectivity index (χ4n) is 2.18. The standard InChI is InChI=1S/C15H25N5.HI/c1-12(2)9-18-15(16)19-11-13-5-6-14(17-10-13)20-7-3-4-8-20;/h5-6,10,12H,3-4,7-9,11H2,1-2H3,(H3,16,18,19);1H. The van der Waals surface area contributed by atoms with Gasteiger partial charge in [-0.25, -0.2) is 9.98 Å². The minimum atomic E-state index is 0. The van der Waals surface area contributed by atoms with Gasteiger partial charge in [0.15, 0.2) is 5.96 Å². The van der Waals surface area contributed by atoms with Crippen molar-refractivity contribution in [3.8, 4) is 0 Å². The Labute approximate surface area is 144 Å². The number of halogens is 1. The fourth-order valence-corrected chi connectivity index (χ4v) is 2.18. The van der Waals surface area contributed by atoms with Crippen molar-refractivity contribution in [1.29, 1.82) is 0 Å². The van der Waals surface area contributed by atoms with E-state index < -0.39 is 0 Å². The van der Waals surface area contributed by atoms with Crippen molar-refractivity contribution in [3.05, 3.63) is 23.9 Å². The number of aromatic nitrogens is 1. The summed E-state index contributed by atoms with van der Waals surface area (Å²) in [5, 5.41) is 3.11. The minimum absolute atomic E-state index is 0. The molecule has 21 heavy (non-hydrogen) atoms. The van der Waals surface area contributed by atoms with Crippen LogP contribution in [-0.2, 0) is 6.54 Å². The molecule has 1 saturated heterocycles. The molecule has 118 valence electrons. The van der Waals surface area contributed by atoms with E-state index in [9.17, 15) is 0 Å². The normalized spacial score (nSPS) is 15.2. The molecule has 2 rings (SSSR count). The predicted octanol–water partition coefficient (Wildman–Crippen LogP) is 2.36. The quantitative estimate of drug-likeness (QED) is 0.450. The van der Waals surface area contributed by atoms with Gasteiger partial charge in [0.1, 0.15) is 5.82 Å². The fraction of sp³-hybridized carbons (Fsp3) is 0.600. The van der Waals surface area contributed by atoms with Gasteiger partial charge in [-0.3, -0.25) is 0 Å². The lowest BCUT2D eigenvalue weighted by Gasteiger charge is -2.16. The van der Waals surface area contributed by atoms with Gasteiger partial charge in [0.25, 0.3) is 0 Å². The predicted molar refractivity (Wildman–Crippen MR) is 99.3 cm³/mol. The Bertz CT molecular complexity index is 438. The van der Waals surface area contributed by atoms with Crippen LogP contribution in [0, 0.1) is 5.92 Å². The van der Waals surface area contributed by atoms with Crippen LogP contribution >= 0.6 is 24.0 Å². The molecule has 0 aromatic carbocycles. The summed E-state index contributed by atoms with van der Waals surface area (Å²) >= 11 is 0. The van der Waals surface area contributed by atoms with Crippen LogP contribution in [0.5, 0.6) is 0 Å². The number of pyridine rings is 1. The highest BCUT2D eigenvalue weighted by atomic mass is 127. The number of aliphatic imine (C=N–C) groups is 1. The Morgan fingerprint density at radius 1 is 1.38 bits per heavy atom. The number of guanidine groups is 1. The van der Waals surface area contributed by atoms with Crippen molar-refractivity contribution in [2.75, 3.05) is 24.5 Å². The SMILES string of the molecule is CC(C)CNC(N)=NCc1ccc(N2CCCC2)nc1.I. The molecule has 0 bridgehead atoms. The lowest BCUT2D eigenvalue weighted by atomic mass is 10.2. The van der Waals surface area contributed by atoms with Gasteiger partial charge in [-0.1, -0.05) is 19.9 Å². The maximum absolute atomic E-state index is 5.81. The first kappa shape index (κ1) is 18.0. The Hall–Kier alpha value is -1.05. The van der Waals surface area contributed by atoms with Crippen LogP contribution in [-0.4, -0.2) is 30.6 Å². The Kier molecular flexibility index (Phi) is 7.77. The number of hydrogen-bond acceptors (Lipinski definition) is 3. The molecule has 3 N–H and O–H groups in total. The van der Waals surface area contributed by atoms with Gasteiger partial charge in [-0.2, -0.15) is 0 Å². The molecule has 0 radical (unpaired) electrons.